The number of nitrogens with zero attached hydrogens (tertiary/aromatic N) is 3. The second kappa shape index (κ2) is 6.06. The van der Waals surface area contributed by atoms with Gasteiger partial charge in [-0.1, -0.05) is 0 Å². The molecule has 0 unspecified atom stereocenters. The van der Waals surface area contributed by atoms with Crippen LogP contribution in [0.2, 0.25) is 0 Å². The van der Waals surface area contributed by atoms with Gasteiger partial charge >= 0.3 is 5.69 Å². The first-order valence-electron chi connectivity index (χ1n) is 5.71. The molecule has 0 atom stereocenters. The number of carbonyl (C=O) groups excluding carboxylic acids is 1. The lowest BCUT2D eigenvalue weighted by Crippen LogP contribution is -2.37. The van der Waals surface area contributed by atoms with E-state index in [9.17, 15) is 28.4 Å². The predicted octanol–water partition coefficient (Wildman–Crippen LogP) is 0.00910. The highest BCUT2D eigenvalue weighted by Gasteiger charge is 2.26. The van der Waals surface area contributed by atoms with Crippen molar-refractivity contribution in [2.75, 3.05) is 27.7 Å². The van der Waals surface area contributed by atoms with Gasteiger partial charge in [-0.05, 0) is 12.1 Å². The van der Waals surface area contributed by atoms with Gasteiger partial charge in [-0.2, -0.15) is 4.31 Å². The van der Waals surface area contributed by atoms with Gasteiger partial charge < -0.3 is 10.0 Å². The third kappa shape index (κ3) is 3.67. The van der Waals surface area contributed by atoms with E-state index < -0.39 is 38.8 Å². The summed E-state index contributed by atoms with van der Waals surface area (Å²) in [6.07, 6.45) is 0. The third-order valence-corrected chi connectivity index (χ3v) is 4.51. The number of amides is 1. The Bertz CT molecular complexity index is 671. The first-order chi connectivity index (χ1) is 9.57. The van der Waals surface area contributed by atoms with Crippen LogP contribution in [0.15, 0.2) is 23.1 Å². The summed E-state index contributed by atoms with van der Waals surface area (Å²) in [4.78, 5) is 22.2. The van der Waals surface area contributed by atoms with Gasteiger partial charge in [0, 0.05) is 27.2 Å². The van der Waals surface area contributed by atoms with E-state index >= 15 is 0 Å². The van der Waals surface area contributed by atoms with Crippen molar-refractivity contribution in [3.8, 4) is 5.75 Å². The van der Waals surface area contributed by atoms with Crippen LogP contribution in [-0.2, 0) is 14.8 Å². The van der Waals surface area contributed by atoms with Crippen molar-refractivity contribution in [1.82, 2.24) is 9.21 Å². The molecule has 0 aliphatic heterocycles. The monoisotopic (exact) mass is 317 g/mol. The van der Waals surface area contributed by atoms with Crippen molar-refractivity contribution >= 4 is 21.6 Å². The Balaban J connectivity index is 3.16. The molecule has 0 aliphatic carbocycles. The first kappa shape index (κ1) is 16.9. The highest BCUT2D eigenvalue weighted by Crippen LogP contribution is 2.29. The molecule has 21 heavy (non-hydrogen) atoms. The molecule has 0 heterocycles. The van der Waals surface area contributed by atoms with Gasteiger partial charge in [0.2, 0.25) is 15.9 Å². The number of hydrogen-bond acceptors (Lipinski definition) is 6. The van der Waals surface area contributed by atoms with Crippen molar-refractivity contribution < 1.29 is 23.2 Å². The largest absolute Gasteiger partial charge is 0.502 e. The molecule has 116 valence electrons. The molecule has 0 fully saturated rings. The average molecular weight is 317 g/mol. The predicted molar refractivity (Wildman–Crippen MR) is 73.3 cm³/mol. The fourth-order valence-electron chi connectivity index (χ4n) is 1.41. The summed E-state index contributed by atoms with van der Waals surface area (Å²) in [5.41, 5.74) is -0.719. The van der Waals surface area contributed by atoms with Crippen LogP contribution in [0.1, 0.15) is 0 Å². The molecule has 10 heteroatoms. The fourth-order valence-corrected chi connectivity index (χ4v) is 2.55. The second-order valence-electron chi connectivity index (χ2n) is 4.46. The lowest BCUT2D eigenvalue weighted by atomic mass is 10.3. The number of phenols is 1. The first-order valence-corrected chi connectivity index (χ1v) is 7.15. The highest BCUT2D eigenvalue weighted by molar-refractivity contribution is 7.89. The van der Waals surface area contributed by atoms with Gasteiger partial charge in [-0.15, -0.1) is 0 Å². The van der Waals surface area contributed by atoms with E-state index in [4.69, 9.17) is 0 Å². The Morgan fingerprint density at radius 1 is 1.33 bits per heavy atom. The zero-order valence-electron chi connectivity index (χ0n) is 11.7. The lowest BCUT2D eigenvalue weighted by molar-refractivity contribution is -0.386. The number of benzene rings is 1. The molecule has 0 aliphatic rings. The number of likely N-dealkylation sites (N-methyl/N-ethyl adjacent to an activating group) is 2. The number of hydrogen-bond donors (Lipinski definition) is 1. The Morgan fingerprint density at radius 2 is 1.90 bits per heavy atom. The average Bonchev–Trinajstić information content (AvgIpc) is 2.38. The molecule has 1 amide bonds. The molecule has 0 saturated heterocycles. The van der Waals surface area contributed by atoms with Crippen molar-refractivity contribution in [3.63, 3.8) is 0 Å². The summed E-state index contributed by atoms with van der Waals surface area (Å²) >= 11 is 0. The van der Waals surface area contributed by atoms with E-state index in [1.54, 1.807) is 0 Å². The molecule has 9 nitrogen and oxygen atoms in total. The summed E-state index contributed by atoms with van der Waals surface area (Å²) in [6, 6.07) is 2.71. The maximum Gasteiger partial charge on any atom is 0.312 e. The van der Waals surface area contributed by atoms with Crippen LogP contribution in [-0.4, -0.2) is 61.2 Å². The number of rotatable bonds is 5. The van der Waals surface area contributed by atoms with Gasteiger partial charge in [0.15, 0.2) is 5.75 Å². The standard InChI is InChI=1S/C11H15N3O6S/c1-12(2)11(16)7-13(3)21(19,20)8-4-5-10(15)9(6-8)14(17)18/h4-6,15H,7H2,1-3H3. The molecule has 0 spiro atoms. The molecule has 1 aromatic rings. The van der Waals surface area contributed by atoms with E-state index in [-0.39, 0.29) is 4.90 Å². The van der Waals surface area contributed by atoms with Crippen molar-refractivity contribution in [2.45, 2.75) is 4.90 Å². The van der Waals surface area contributed by atoms with E-state index in [2.05, 4.69) is 0 Å². The van der Waals surface area contributed by atoms with E-state index in [1.807, 2.05) is 0 Å². The van der Waals surface area contributed by atoms with Crippen LogP contribution >= 0.6 is 0 Å². The number of nitro benzene ring substituents is 1. The minimum atomic E-state index is -4.07. The smallest absolute Gasteiger partial charge is 0.312 e. The molecule has 1 N–H and O–H groups in total. The van der Waals surface area contributed by atoms with Gasteiger partial charge in [0.25, 0.3) is 0 Å². The number of nitro groups is 1. The van der Waals surface area contributed by atoms with Gasteiger partial charge in [-0.25, -0.2) is 8.42 Å². The van der Waals surface area contributed by atoms with Crippen LogP contribution in [0.5, 0.6) is 5.75 Å². The molecular weight excluding hydrogens is 302 g/mol. The summed E-state index contributed by atoms with van der Waals surface area (Å²) < 4.78 is 25.2. The second-order valence-corrected chi connectivity index (χ2v) is 6.50. The van der Waals surface area contributed by atoms with Crippen LogP contribution in [0.3, 0.4) is 0 Å². The quantitative estimate of drug-likeness (QED) is 0.603. The third-order valence-electron chi connectivity index (χ3n) is 2.71. The molecule has 0 aromatic heterocycles. The van der Waals surface area contributed by atoms with E-state index in [1.165, 1.54) is 26.0 Å². The van der Waals surface area contributed by atoms with Gasteiger partial charge in [0.1, 0.15) is 0 Å². The minimum absolute atomic E-state index is 0.374. The van der Waals surface area contributed by atoms with Gasteiger partial charge in [0.05, 0.1) is 16.4 Å². The van der Waals surface area contributed by atoms with Crippen LogP contribution in [0.25, 0.3) is 0 Å². The lowest BCUT2D eigenvalue weighted by Gasteiger charge is -2.19. The topological polar surface area (TPSA) is 121 Å². The van der Waals surface area contributed by atoms with Crippen molar-refractivity contribution in [2.24, 2.45) is 0 Å². The summed E-state index contributed by atoms with van der Waals surface area (Å²) in [5, 5.41) is 20.0. The Morgan fingerprint density at radius 3 is 2.38 bits per heavy atom. The molecule has 0 radical (unpaired) electrons. The minimum Gasteiger partial charge on any atom is -0.502 e. The molecular formula is C11H15N3O6S. The maximum atomic E-state index is 12.2. The normalized spacial score (nSPS) is 11.4. The Hall–Kier alpha value is -2.20. The van der Waals surface area contributed by atoms with E-state index in [0.717, 1.165) is 22.5 Å². The molecule has 1 rings (SSSR count). The summed E-state index contributed by atoms with van der Waals surface area (Å²) in [7, 11) is 0.0805. The number of phenolic OH excluding ortho intramolecular Hbond substituents is 1. The zero-order valence-corrected chi connectivity index (χ0v) is 12.5. The van der Waals surface area contributed by atoms with Crippen molar-refractivity contribution in [1.29, 1.82) is 0 Å². The Labute approximate surface area is 121 Å². The maximum absolute atomic E-state index is 12.2. The molecule has 0 bridgehead atoms. The van der Waals surface area contributed by atoms with Crippen LogP contribution in [0.4, 0.5) is 5.69 Å². The zero-order chi connectivity index (χ0) is 16.4. The summed E-state index contributed by atoms with van der Waals surface area (Å²) in [6.45, 7) is -0.399. The van der Waals surface area contributed by atoms with Crippen molar-refractivity contribution in [3.05, 3.63) is 28.3 Å². The number of aromatic hydroxyl groups is 1. The molecule has 0 saturated carbocycles. The van der Waals surface area contributed by atoms with E-state index in [0.29, 0.717) is 0 Å². The highest BCUT2D eigenvalue weighted by atomic mass is 32.2. The van der Waals surface area contributed by atoms with Crippen LogP contribution in [0, 0.1) is 10.1 Å². The number of sulfonamides is 1. The molecule has 1 aromatic carbocycles. The van der Waals surface area contributed by atoms with Gasteiger partial charge in [-0.3, -0.25) is 14.9 Å². The SMILES string of the molecule is CN(C)C(=O)CN(C)S(=O)(=O)c1ccc(O)c([N+](=O)[O-])c1. The number of carbonyl (C=O) groups is 1. The summed E-state index contributed by atoms with van der Waals surface area (Å²) in [5.74, 6) is -1.07. The fraction of sp³-hybridized carbons (Fsp3) is 0.364. The Kier molecular flexibility index (Phi) is 4.86. The van der Waals surface area contributed by atoms with Crippen LogP contribution < -0.4 is 0 Å².